The van der Waals surface area contributed by atoms with E-state index in [2.05, 4.69) is 27.2 Å². The van der Waals surface area contributed by atoms with E-state index >= 15 is 0 Å². The van der Waals surface area contributed by atoms with Gasteiger partial charge in [0.1, 0.15) is 0 Å². The third-order valence-corrected chi connectivity index (χ3v) is 2.65. The van der Waals surface area contributed by atoms with Gasteiger partial charge in [0.05, 0.1) is 11.9 Å². The maximum absolute atomic E-state index is 5.72. The summed E-state index contributed by atoms with van der Waals surface area (Å²) in [5.74, 6) is 0. The molecule has 2 aromatic heterocycles. The zero-order chi connectivity index (χ0) is 11.7. The Balaban J connectivity index is 1.96. The van der Waals surface area contributed by atoms with E-state index in [-0.39, 0.29) is 5.28 Å². The first-order valence-electron chi connectivity index (χ1n) is 5.21. The molecule has 0 aliphatic heterocycles. The summed E-state index contributed by atoms with van der Waals surface area (Å²) < 4.78 is 1.84. The van der Waals surface area contributed by atoms with Crippen molar-refractivity contribution in [3.8, 4) is 0 Å². The molecule has 0 amide bonds. The third kappa shape index (κ3) is 2.12. The highest BCUT2D eigenvalue weighted by molar-refractivity contribution is 6.28. The number of halogens is 1. The quantitative estimate of drug-likeness (QED) is 0.651. The Morgan fingerprint density at radius 3 is 2.82 bits per heavy atom. The van der Waals surface area contributed by atoms with Crippen LogP contribution in [0.25, 0.3) is 11.0 Å². The van der Waals surface area contributed by atoms with E-state index in [0.29, 0.717) is 5.65 Å². The average molecular weight is 245 g/mol. The number of aromatic nitrogens is 4. The van der Waals surface area contributed by atoms with Gasteiger partial charge in [0, 0.05) is 12.4 Å². The molecule has 4 nitrogen and oxygen atoms in total. The van der Waals surface area contributed by atoms with Crippen LogP contribution in [0.4, 0.5) is 0 Å². The fourth-order valence-electron chi connectivity index (χ4n) is 1.70. The highest BCUT2D eigenvalue weighted by Gasteiger charge is 2.03. The Kier molecular flexibility index (Phi) is 2.49. The highest BCUT2D eigenvalue weighted by atomic mass is 35.5. The second kappa shape index (κ2) is 4.14. The molecule has 0 aliphatic carbocycles. The number of benzene rings is 1. The molecule has 0 atom stereocenters. The van der Waals surface area contributed by atoms with Crippen LogP contribution in [0.15, 0.2) is 42.7 Å². The first-order valence-corrected chi connectivity index (χ1v) is 5.59. The molecule has 0 N–H and O–H groups in total. The minimum Gasteiger partial charge on any atom is -0.265 e. The summed E-state index contributed by atoms with van der Waals surface area (Å²) >= 11 is 5.72. The molecule has 0 fully saturated rings. The van der Waals surface area contributed by atoms with Gasteiger partial charge in [-0.3, -0.25) is 4.68 Å². The monoisotopic (exact) mass is 244 g/mol. The van der Waals surface area contributed by atoms with Crippen LogP contribution in [0.3, 0.4) is 0 Å². The molecule has 0 radical (unpaired) electrons. The Morgan fingerprint density at radius 1 is 1.18 bits per heavy atom. The van der Waals surface area contributed by atoms with E-state index < -0.39 is 0 Å². The van der Waals surface area contributed by atoms with E-state index in [1.807, 2.05) is 29.1 Å². The first kappa shape index (κ1) is 10.2. The van der Waals surface area contributed by atoms with Gasteiger partial charge in [0.2, 0.25) is 5.28 Å². The van der Waals surface area contributed by atoms with Gasteiger partial charge in [-0.25, -0.2) is 4.98 Å². The van der Waals surface area contributed by atoms with Crippen LogP contribution in [0, 0.1) is 0 Å². The van der Waals surface area contributed by atoms with Gasteiger partial charge in [-0.1, -0.05) is 30.3 Å². The second-order valence-corrected chi connectivity index (χ2v) is 4.07. The van der Waals surface area contributed by atoms with E-state index in [1.54, 1.807) is 6.20 Å². The lowest BCUT2D eigenvalue weighted by Crippen LogP contribution is -1.99. The van der Waals surface area contributed by atoms with Crippen LogP contribution in [0.2, 0.25) is 5.28 Å². The number of fused-ring (bicyclic) bond motifs is 1. The maximum atomic E-state index is 5.72. The highest BCUT2D eigenvalue weighted by Crippen LogP contribution is 2.12. The van der Waals surface area contributed by atoms with Gasteiger partial charge in [0.25, 0.3) is 0 Å². The van der Waals surface area contributed by atoms with Gasteiger partial charge in [0.15, 0.2) is 5.65 Å². The Hall–Kier alpha value is -1.94. The van der Waals surface area contributed by atoms with Gasteiger partial charge in [-0.05, 0) is 17.2 Å². The Bertz CT molecular complexity index is 648. The predicted octanol–water partition coefficient (Wildman–Crippen LogP) is 2.53. The van der Waals surface area contributed by atoms with Crippen LogP contribution in [-0.2, 0) is 6.54 Å². The molecule has 5 heteroatoms. The van der Waals surface area contributed by atoms with Crippen molar-refractivity contribution in [2.24, 2.45) is 0 Å². The van der Waals surface area contributed by atoms with Gasteiger partial charge in [-0.2, -0.15) is 10.1 Å². The number of hydrogen-bond donors (Lipinski definition) is 0. The molecule has 1 aromatic carbocycles. The van der Waals surface area contributed by atoms with E-state index in [0.717, 1.165) is 11.9 Å². The summed E-state index contributed by atoms with van der Waals surface area (Å²) in [6, 6.07) is 10.1. The minimum atomic E-state index is 0.225. The minimum absolute atomic E-state index is 0.225. The fraction of sp³-hybridized carbons (Fsp3) is 0.0833. The molecule has 0 unspecified atom stereocenters. The van der Waals surface area contributed by atoms with E-state index in [1.165, 1.54) is 5.56 Å². The molecule has 84 valence electrons. The molecule has 0 saturated carbocycles. The van der Waals surface area contributed by atoms with E-state index in [4.69, 9.17) is 11.6 Å². The summed E-state index contributed by atoms with van der Waals surface area (Å²) in [5.41, 5.74) is 1.82. The predicted molar refractivity (Wildman–Crippen MR) is 65.9 cm³/mol. The zero-order valence-corrected chi connectivity index (χ0v) is 9.67. The summed E-state index contributed by atoms with van der Waals surface area (Å²) in [6.07, 6.45) is 3.60. The zero-order valence-electron chi connectivity index (χ0n) is 8.92. The lowest BCUT2D eigenvalue weighted by molar-refractivity contribution is 0.693. The normalized spacial score (nSPS) is 10.9. The molecule has 3 aromatic rings. The van der Waals surface area contributed by atoms with Crippen LogP contribution in [0.5, 0.6) is 0 Å². The lowest BCUT2D eigenvalue weighted by atomic mass is 10.2. The molecule has 2 heterocycles. The van der Waals surface area contributed by atoms with Gasteiger partial charge in [-0.15, -0.1) is 0 Å². The molecular formula is C12H9ClN4. The molecule has 0 aliphatic rings. The second-order valence-electron chi connectivity index (χ2n) is 3.73. The molecule has 17 heavy (non-hydrogen) atoms. The first-order chi connectivity index (χ1) is 8.31. The summed E-state index contributed by atoms with van der Waals surface area (Å²) in [7, 11) is 0. The molecule has 0 saturated heterocycles. The lowest BCUT2D eigenvalue weighted by Gasteiger charge is -1.99. The van der Waals surface area contributed by atoms with E-state index in [9.17, 15) is 0 Å². The van der Waals surface area contributed by atoms with Gasteiger partial charge < -0.3 is 0 Å². The average Bonchev–Trinajstić information content (AvgIpc) is 2.71. The Morgan fingerprint density at radius 2 is 2.00 bits per heavy atom. The number of nitrogens with zero attached hydrogens (tertiary/aromatic N) is 4. The Labute approximate surface area is 103 Å². The summed E-state index contributed by atoms with van der Waals surface area (Å²) in [5, 5.41) is 5.47. The molecule has 0 bridgehead atoms. The number of rotatable bonds is 2. The van der Waals surface area contributed by atoms with Crippen molar-refractivity contribution in [3.05, 3.63) is 53.6 Å². The molecular weight excluding hydrogens is 236 g/mol. The standard InChI is InChI=1S/C12H9ClN4/c13-12-14-6-10-8-17(16-11(10)15-12)7-9-4-2-1-3-5-9/h1-6,8H,7H2. The largest absolute Gasteiger partial charge is 0.265 e. The van der Waals surface area contributed by atoms with Crippen molar-refractivity contribution < 1.29 is 0 Å². The third-order valence-electron chi connectivity index (χ3n) is 2.47. The van der Waals surface area contributed by atoms with Crippen molar-refractivity contribution in [1.29, 1.82) is 0 Å². The van der Waals surface area contributed by atoms with Crippen molar-refractivity contribution >= 4 is 22.6 Å². The van der Waals surface area contributed by atoms with Crippen LogP contribution >= 0.6 is 11.6 Å². The summed E-state index contributed by atoms with van der Waals surface area (Å²) in [4.78, 5) is 7.99. The maximum Gasteiger partial charge on any atom is 0.224 e. The number of hydrogen-bond acceptors (Lipinski definition) is 3. The SMILES string of the molecule is Clc1ncc2cn(Cc3ccccc3)nc2n1. The smallest absolute Gasteiger partial charge is 0.224 e. The van der Waals surface area contributed by atoms with Crippen LogP contribution in [0.1, 0.15) is 5.56 Å². The van der Waals surface area contributed by atoms with Crippen molar-refractivity contribution in [3.63, 3.8) is 0 Å². The van der Waals surface area contributed by atoms with Gasteiger partial charge >= 0.3 is 0 Å². The van der Waals surface area contributed by atoms with Crippen molar-refractivity contribution in [2.45, 2.75) is 6.54 Å². The van der Waals surface area contributed by atoms with Crippen molar-refractivity contribution in [1.82, 2.24) is 19.7 Å². The summed E-state index contributed by atoms with van der Waals surface area (Å²) in [6.45, 7) is 0.717. The molecule has 3 rings (SSSR count). The van der Waals surface area contributed by atoms with Crippen molar-refractivity contribution in [2.75, 3.05) is 0 Å². The topological polar surface area (TPSA) is 43.6 Å². The van der Waals surface area contributed by atoms with Crippen LogP contribution in [-0.4, -0.2) is 19.7 Å². The molecule has 0 spiro atoms. The fourth-order valence-corrected chi connectivity index (χ4v) is 1.82. The van der Waals surface area contributed by atoms with Crippen LogP contribution < -0.4 is 0 Å².